The predicted molar refractivity (Wildman–Crippen MR) is 85.2 cm³/mol. The molecule has 0 saturated carbocycles. The van der Waals surface area contributed by atoms with Crippen LogP contribution in [0.25, 0.3) is 0 Å². The van der Waals surface area contributed by atoms with E-state index < -0.39 is 0 Å². The number of likely N-dealkylation sites (tertiary alicyclic amines) is 1. The molecule has 0 radical (unpaired) electrons. The van der Waals surface area contributed by atoms with Crippen molar-refractivity contribution in [1.82, 2.24) is 24.8 Å². The summed E-state index contributed by atoms with van der Waals surface area (Å²) in [5.74, 6) is 1.39. The van der Waals surface area contributed by atoms with Gasteiger partial charge < -0.3 is 14.2 Å². The first kappa shape index (κ1) is 16.6. The Kier molecular flexibility index (Phi) is 4.94. The molecule has 8 heteroatoms. The van der Waals surface area contributed by atoms with E-state index in [0.29, 0.717) is 25.6 Å². The Balaban J connectivity index is 1.66. The van der Waals surface area contributed by atoms with Crippen molar-refractivity contribution in [3.05, 3.63) is 30.2 Å². The zero-order valence-electron chi connectivity index (χ0n) is 14.1. The summed E-state index contributed by atoms with van der Waals surface area (Å²) < 4.78 is 12.1. The van der Waals surface area contributed by atoms with Gasteiger partial charge in [0.25, 0.3) is 0 Å². The SMILES string of the molecule is COCCC1(c2noc(C)n2)CCN(C(=O)Cn2cccn2)CC1. The van der Waals surface area contributed by atoms with Crippen LogP contribution in [0.1, 0.15) is 31.0 Å². The summed E-state index contributed by atoms with van der Waals surface area (Å²) in [6.07, 6.45) is 5.91. The molecule has 24 heavy (non-hydrogen) atoms. The minimum Gasteiger partial charge on any atom is -0.385 e. The number of hydrogen-bond acceptors (Lipinski definition) is 6. The molecule has 130 valence electrons. The highest BCUT2D eigenvalue weighted by Crippen LogP contribution is 2.37. The van der Waals surface area contributed by atoms with Crippen LogP contribution in [0.15, 0.2) is 23.0 Å². The van der Waals surface area contributed by atoms with Gasteiger partial charge in [0.05, 0.1) is 0 Å². The van der Waals surface area contributed by atoms with Crippen LogP contribution in [0.5, 0.6) is 0 Å². The third-order valence-corrected chi connectivity index (χ3v) is 4.72. The van der Waals surface area contributed by atoms with E-state index >= 15 is 0 Å². The molecule has 1 saturated heterocycles. The van der Waals surface area contributed by atoms with Crippen molar-refractivity contribution >= 4 is 5.91 Å². The number of aryl methyl sites for hydroxylation is 1. The third kappa shape index (κ3) is 3.48. The minimum absolute atomic E-state index is 0.0864. The lowest BCUT2D eigenvalue weighted by molar-refractivity contribution is -0.133. The molecule has 1 aliphatic rings. The van der Waals surface area contributed by atoms with Crippen molar-refractivity contribution in [2.45, 2.75) is 38.1 Å². The van der Waals surface area contributed by atoms with E-state index in [2.05, 4.69) is 15.2 Å². The molecule has 1 fully saturated rings. The molecule has 0 aliphatic carbocycles. The monoisotopic (exact) mass is 333 g/mol. The Morgan fingerprint density at radius 1 is 1.42 bits per heavy atom. The van der Waals surface area contributed by atoms with E-state index in [9.17, 15) is 4.79 Å². The molecule has 0 N–H and O–H groups in total. The van der Waals surface area contributed by atoms with Gasteiger partial charge in [-0.1, -0.05) is 5.16 Å². The highest BCUT2D eigenvalue weighted by atomic mass is 16.5. The van der Waals surface area contributed by atoms with E-state index in [1.54, 1.807) is 31.1 Å². The fourth-order valence-electron chi connectivity index (χ4n) is 3.21. The van der Waals surface area contributed by atoms with Crippen LogP contribution in [0.4, 0.5) is 0 Å². The fourth-order valence-corrected chi connectivity index (χ4v) is 3.21. The van der Waals surface area contributed by atoms with Crippen LogP contribution >= 0.6 is 0 Å². The van der Waals surface area contributed by atoms with Crippen molar-refractivity contribution in [2.24, 2.45) is 0 Å². The molecule has 0 atom stereocenters. The van der Waals surface area contributed by atoms with E-state index in [-0.39, 0.29) is 17.9 Å². The smallest absolute Gasteiger partial charge is 0.244 e. The first-order valence-corrected chi connectivity index (χ1v) is 8.18. The van der Waals surface area contributed by atoms with Crippen molar-refractivity contribution < 1.29 is 14.1 Å². The minimum atomic E-state index is -0.184. The van der Waals surface area contributed by atoms with Gasteiger partial charge in [-0.25, -0.2) is 0 Å². The highest BCUT2D eigenvalue weighted by Gasteiger charge is 2.40. The van der Waals surface area contributed by atoms with E-state index in [0.717, 1.165) is 25.1 Å². The second kappa shape index (κ2) is 7.12. The highest BCUT2D eigenvalue weighted by molar-refractivity contribution is 5.76. The fraction of sp³-hybridized carbons (Fsp3) is 0.625. The summed E-state index contributed by atoms with van der Waals surface area (Å²) in [4.78, 5) is 18.7. The first-order valence-electron chi connectivity index (χ1n) is 8.18. The Morgan fingerprint density at radius 3 is 2.79 bits per heavy atom. The largest absolute Gasteiger partial charge is 0.385 e. The van der Waals surface area contributed by atoms with E-state index in [1.165, 1.54) is 0 Å². The number of rotatable bonds is 6. The molecule has 0 spiro atoms. The maximum Gasteiger partial charge on any atom is 0.244 e. The summed E-state index contributed by atoms with van der Waals surface area (Å²) in [5, 5.41) is 8.23. The van der Waals surface area contributed by atoms with Crippen LogP contribution < -0.4 is 0 Å². The van der Waals surface area contributed by atoms with Gasteiger partial charge in [-0.3, -0.25) is 9.48 Å². The quantitative estimate of drug-likeness (QED) is 0.789. The average Bonchev–Trinajstić information content (AvgIpc) is 3.25. The number of carbonyl (C=O) groups excluding carboxylic acids is 1. The van der Waals surface area contributed by atoms with Gasteiger partial charge in [0.15, 0.2) is 5.82 Å². The number of hydrogen-bond donors (Lipinski definition) is 0. The van der Waals surface area contributed by atoms with Crippen molar-refractivity contribution in [2.75, 3.05) is 26.8 Å². The van der Waals surface area contributed by atoms with Crippen molar-refractivity contribution in [3.8, 4) is 0 Å². The maximum atomic E-state index is 12.4. The standard InChI is InChI=1S/C16H23N5O3/c1-13-18-15(19-24-13)16(6-11-23-2)4-9-20(10-5-16)14(22)12-21-8-3-7-17-21/h3,7-8H,4-6,9-12H2,1-2H3. The van der Waals surface area contributed by atoms with Crippen LogP contribution in [0, 0.1) is 6.92 Å². The number of amides is 1. The van der Waals surface area contributed by atoms with Crippen molar-refractivity contribution in [1.29, 1.82) is 0 Å². The van der Waals surface area contributed by atoms with Gasteiger partial charge in [-0.2, -0.15) is 10.1 Å². The van der Waals surface area contributed by atoms with E-state index in [1.807, 2.05) is 11.0 Å². The normalized spacial score (nSPS) is 17.2. The molecular weight excluding hydrogens is 310 g/mol. The van der Waals surface area contributed by atoms with E-state index in [4.69, 9.17) is 9.26 Å². The molecule has 8 nitrogen and oxygen atoms in total. The van der Waals surface area contributed by atoms with Gasteiger partial charge in [0.2, 0.25) is 11.8 Å². The molecular formula is C16H23N5O3. The molecule has 2 aromatic heterocycles. The first-order chi connectivity index (χ1) is 11.6. The Hall–Kier alpha value is -2.22. The van der Waals surface area contributed by atoms with Crippen LogP contribution in [0.2, 0.25) is 0 Å². The van der Waals surface area contributed by atoms with Crippen LogP contribution in [-0.2, 0) is 21.5 Å². The Bertz CT molecular complexity index is 659. The second-order valence-corrected chi connectivity index (χ2v) is 6.24. The molecule has 0 unspecified atom stereocenters. The van der Waals surface area contributed by atoms with Gasteiger partial charge in [-0.15, -0.1) is 0 Å². The van der Waals surface area contributed by atoms with Gasteiger partial charge >= 0.3 is 0 Å². The summed E-state index contributed by atoms with van der Waals surface area (Å²) in [7, 11) is 1.69. The summed E-state index contributed by atoms with van der Waals surface area (Å²) in [5.41, 5.74) is -0.184. The van der Waals surface area contributed by atoms with Gasteiger partial charge in [0.1, 0.15) is 6.54 Å². The molecule has 2 aromatic rings. The topological polar surface area (TPSA) is 86.3 Å². The maximum absolute atomic E-state index is 12.4. The number of aromatic nitrogens is 4. The zero-order valence-corrected chi connectivity index (χ0v) is 14.1. The summed E-state index contributed by atoms with van der Waals surface area (Å²) in [6, 6.07) is 1.82. The molecule has 3 heterocycles. The van der Waals surface area contributed by atoms with Crippen LogP contribution in [-0.4, -0.2) is 57.5 Å². The zero-order chi connectivity index (χ0) is 17.0. The summed E-state index contributed by atoms with van der Waals surface area (Å²) in [6.45, 7) is 4.06. The van der Waals surface area contributed by atoms with Gasteiger partial charge in [0, 0.05) is 51.5 Å². The number of carbonyl (C=O) groups is 1. The number of piperidine rings is 1. The lowest BCUT2D eigenvalue weighted by Gasteiger charge is -2.39. The number of ether oxygens (including phenoxy) is 1. The number of methoxy groups -OCH3 is 1. The van der Waals surface area contributed by atoms with Gasteiger partial charge in [-0.05, 0) is 25.3 Å². The van der Waals surface area contributed by atoms with Crippen molar-refractivity contribution in [3.63, 3.8) is 0 Å². The third-order valence-electron chi connectivity index (χ3n) is 4.72. The molecule has 1 aliphatic heterocycles. The molecule has 1 amide bonds. The second-order valence-electron chi connectivity index (χ2n) is 6.24. The predicted octanol–water partition coefficient (Wildman–Crippen LogP) is 1.17. The molecule has 3 rings (SSSR count). The number of nitrogens with zero attached hydrogens (tertiary/aromatic N) is 5. The Morgan fingerprint density at radius 2 is 2.21 bits per heavy atom. The molecule has 0 aromatic carbocycles. The summed E-state index contributed by atoms with van der Waals surface area (Å²) >= 11 is 0. The lowest BCUT2D eigenvalue weighted by atomic mass is 9.75. The average molecular weight is 333 g/mol. The molecule has 0 bridgehead atoms. The Labute approximate surface area is 140 Å². The van der Waals surface area contributed by atoms with Crippen LogP contribution in [0.3, 0.4) is 0 Å². The lowest BCUT2D eigenvalue weighted by Crippen LogP contribution is -2.47.